The summed E-state index contributed by atoms with van der Waals surface area (Å²) < 4.78 is 26.4. The molecule has 0 amide bonds. The number of hydrogen-bond acceptors (Lipinski definition) is 8. The summed E-state index contributed by atoms with van der Waals surface area (Å²) in [6.07, 6.45) is 1.87. The Hall–Kier alpha value is -3.17. The van der Waals surface area contributed by atoms with Crippen molar-refractivity contribution in [3.8, 4) is 17.2 Å². The van der Waals surface area contributed by atoms with E-state index in [4.69, 9.17) is 18.9 Å². The van der Waals surface area contributed by atoms with E-state index < -0.39 is 12.0 Å². The lowest BCUT2D eigenvalue weighted by Gasteiger charge is -2.24. The van der Waals surface area contributed by atoms with Gasteiger partial charge in [0.15, 0.2) is 16.3 Å². The van der Waals surface area contributed by atoms with Crippen LogP contribution in [-0.4, -0.2) is 23.9 Å². The van der Waals surface area contributed by atoms with E-state index in [1.807, 2.05) is 67.6 Å². The molecule has 1 atom stereocenters. The molecule has 3 heterocycles. The Morgan fingerprint density at radius 1 is 1.07 bits per heavy atom. The maximum absolute atomic E-state index is 13.9. The van der Waals surface area contributed by atoms with Crippen molar-refractivity contribution in [2.45, 2.75) is 33.4 Å². The van der Waals surface area contributed by atoms with Gasteiger partial charge in [-0.2, -0.15) is 0 Å². The van der Waals surface area contributed by atoms with Gasteiger partial charge in [-0.15, -0.1) is 0 Å². The van der Waals surface area contributed by atoms with Gasteiger partial charge in [-0.1, -0.05) is 47.2 Å². The fourth-order valence-corrected chi connectivity index (χ4v) is 8.17. The van der Waals surface area contributed by atoms with Gasteiger partial charge in [0.2, 0.25) is 6.79 Å². The number of aromatic nitrogens is 1. The van der Waals surface area contributed by atoms with Gasteiger partial charge in [-0.3, -0.25) is 9.36 Å². The van der Waals surface area contributed by atoms with Crippen LogP contribution in [0.4, 0.5) is 0 Å². The van der Waals surface area contributed by atoms with Gasteiger partial charge in [0.25, 0.3) is 5.56 Å². The Balaban J connectivity index is 1.35. The Morgan fingerprint density at radius 3 is 2.51 bits per heavy atom. The SMILES string of the molecule is CCOC(=O)C1=C(C)N=c2s/c(=C/c3cc(I)c(OCc4ccc5c(c4)OCO5)c(I)c3)c(=O)n2[C@H]1c1ccc(C)cc1. The molecule has 4 aromatic rings. The summed E-state index contributed by atoms with van der Waals surface area (Å²) in [6, 6.07) is 17.0. The van der Waals surface area contributed by atoms with E-state index in [1.165, 1.54) is 11.3 Å². The van der Waals surface area contributed by atoms with E-state index in [9.17, 15) is 9.59 Å². The topological polar surface area (TPSA) is 88.4 Å². The van der Waals surface area contributed by atoms with Crippen LogP contribution in [0.1, 0.15) is 42.1 Å². The molecule has 0 bridgehead atoms. The molecule has 2 aliphatic heterocycles. The number of thiazole rings is 1. The zero-order valence-corrected chi connectivity index (χ0v) is 28.6. The minimum atomic E-state index is -0.634. The van der Waals surface area contributed by atoms with Crippen LogP contribution in [0.5, 0.6) is 17.2 Å². The first-order valence-corrected chi connectivity index (χ1v) is 16.5. The molecule has 220 valence electrons. The lowest BCUT2D eigenvalue weighted by Crippen LogP contribution is -2.39. The Bertz CT molecular complexity index is 1940. The number of aryl methyl sites for hydroxylation is 1. The van der Waals surface area contributed by atoms with Crippen molar-refractivity contribution >= 4 is 68.6 Å². The predicted octanol–water partition coefficient (Wildman–Crippen LogP) is 5.62. The zero-order chi connectivity index (χ0) is 30.2. The fraction of sp³-hybridized carbons (Fsp3) is 0.219. The summed E-state index contributed by atoms with van der Waals surface area (Å²) in [5.41, 5.74) is 4.45. The monoisotopic (exact) mass is 820 g/mol. The van der Waals surface area contributed by atoms with Crippen molar-refractivity contribution in [3.63, 3.8) is 0 Å². The van der Waals surface area contributed by atoms with Crippen LogP contribution in [-0.2, 0) is 16.1 Å². The van der Waals surface area contributed by atoms with Crippen LogP contribution in [0, 0.1) is 14.1 Å². The number of fused-ring (bicyclic) bond motifs is 2. The Kier molecular flexibility index (Phi) is 8.65. The van der Waals surface area contributed by atoms with Gasteiger partial charge in [-0.25, -0.2) is 9.79 Å². The van der Waals surface area contributed by atoms with Crippen LogP contribution in [0.2, 0.25) is 0 Å². The molecule has 0 N–H and O–H groups in total. The van der Waals surface area contributed by atoms with Crippen LogP contribution in [0.15, 0.2) is 75.7 Å². The van der Waals surface area contributed by atoms with Crippen molar-refractivity contribution < 1.29 is 23.7 Å². The summed E-state index contributed by atoms with van der Waals surface area (Å²) in [6.45, 7) is 6.39. The molecule has 0 spiro atoms. The van der Waals surface area contributed by atoms with E-state index >= 15 is 0 Å². The average Bonchev–Trinajstić information content (AvgIpc) is 3.56. The molecule has 0 unspecified atom stereocenters. The molecular weight excluding hydrogens is 794 g/mol. The number of rotatable bonds is 7. The van der Waals surface area contributed by atoms with Crippen molar-refractivity contribution in [2.75, 3.05) is 13.4 Å². The molecule has 2 aliphatic rings. The second-order valence-electron chi connectivity index (χ2n) is 10.0. The number of allylic oxidation sites excluding steroid dienone is 1. The van der Waals surface area contributed by atoms with Gasteiger partial charge in [-0.05, 0) is 113 Å². The predicted molar refractivity (Wildman–Crippen MR) is 180 cm³/mol. The number of hydrogen-bond donors (Lipinski definition) is 0. The summed E-state index contributed by atoms with van der Waals surface area (Å²) in [5, 5.41) is 0. The van der Waals surface area contributed by atoms with Gasteiger partial charge in [0.1, 0.15) is 12.4 Å². The first-order chi connectivity index (χ1) is 20.7. The highest BCUT2D eigenvalue weighted by Crippen LogP contribution is 2.35. The molecule has 0 saturated carbocycles. The minimum absolute atomic E-state index is 0.211. The number of carbonyl (C=O) groups excluding carboxylic acids is 1. The third-order valence-electron chi connectivity index (χ3n) is 7.05. The number of halogens is 2. The standard InChI is InChI=1S/C32H26I2N2O6S/c1-4-39-31(38)27-18(3)35-32-36(28(27)21-8-5-17(2)6-9-21)30(37)26(43-32)14-20-11-22(33)29(23(34)12-20)40-15-19-7-10-24-25(13-19)42-16-41-24/h5-14,28H,4,15-16H2,1-3H3/b26-14+/t28-/m0/s1. The minimum Gasteiger partial charge on any atom is -0.487 e. The van der Waals surface area contributed by atoms with Crippen molar-refractivity contribution in [1.29, 1.82) is 0 Å². The number of esters is 1. The lowest BCUT2D eigenvalue weighted by molar-refractivity contribution is -0.139. The molecular formula is C32H26I2N2O6S. The summed E-state index contributed by atoms with van der Waals surface area (Å²) in [7, 11) is 0. The highest BCUT2D eigenvalue weighted by atomic mass is 127. The molecule has 3 aromatic carbocycles. The molecule has 6 rings (SSSR count). The Labute approximate surface area is 278 Å². The summed E-state index contributed by atoms with van der Waals surface area (Å²) in [5.74, 6) is 1.76. The third-order valence-corrected chi connectivity index (χ3v) is 9.63. The maximum Gasteiger partial charge on any atom is 0.338 e. The van der Waals surface area contributed by atoms with Gasteiger partial charge in [0.05, 0.1) is 35.6 Å². The van der Waals surface area contributed by atoms with Crippen molar-refractivity contribution in [2.24, 2.45) is 4.99 Å². The summed E-state index contributed by atoms with van der Waals surface area (Å²) >= 11 is 5.82. The molecule has 11 heteroatoms. The quantitative estimate of drug-likeness (QED) is 0.178. The van der Waals surface area contributed by atoms with Crippen LogP contribution in [0.25, 0.3) is 6.08 Å². The van der Waals surface area contributed by atoms with Gasteiger partial charge in [0, 0.05) is 0 Å². The molecule has 0 radical (unpaired) electrons. The largest absolute Gasteiger partial charge is 0.487 e. The molecule has 43 heavy (non-hydrogen) atoms. The normalized spacial score (nSPS) is 15.7. The lowest BCUT2D eigenvalue weighted by atomic mass is 9.95. The third kappa shape index (κ3) is 5.98. The molecule has 0 fully saturated rings. The van der Waals surface area contributed by atoms with Crippen molar-refractivity contribution in [3.05, 3.63) is 115 Å². The zero-order valence-electron chi connectivity index (χ0n) is 23.5. The highest BCUT2D eigenvalue weighted by molar-refractivity contribution is 14.1. The van der Waals surface area contributed by atoms with E-state index in [0.717, 1.165) is 46.6 Å². The number of ether oxygens (including phenoxy) is 4. The number of benzene rings is 3. The highest BCUT2D eigenvalue weighted by Gasteiger charge is 2.33. The molecule has 0 aliphatic carbocycles. The fourth-order valence-electron chi connectivity index (χ4n) is 4.99. The average molecular weight is 820 g/mol. The second-order valence-corrected chi connectivity index (χ2v) is 13.3. The molecule has 0 saturated heterocycles. The molecule has 8 nitrogen and oxygen atoms in total. The number of carbonyl (C=O) groups is 1. The maximum atomic E-state index is 13.9. The Morgan fingerprint density at radius 2 is 1.79 bits per heavy atom. The van der Waals surface area contributed by atoms with E-state index in [1.54, 1.807) is 18.4 Å². The van der Waals surface area contributed by atoms with Crippen LogP contribution in [0.3, 0.4) is 0 Å². The summed E-state index contributed by atoms with van der Waals surface area (Å²) in [4.78, 5) is 32.2. The first-order valence-electron chi connectivity index (χ1n) is 13.5. The van der Waals surface area contributed by atoms with E-state index in [2.05, 4.69) is 50.2 Å². The first kappa shape index (κ1) is 29.9. The van der Waals surface area contributed by atoms with Gasteiger partial charge >= 0.3 is 5.97 Å². The van der Waals surface area contributed by atoms with Crippen LogP contribution < -0.4 is 29.1 Å². The van der Waals surface area contributed by atoms with Gasteiger partial charge < -0.3 is 18.9 Å². The smallest absolute Gasteiger partial charge is 0.338 e. The van der Waals surface area contributed by atoms with E-state index in [-0.39, 0.29) is 19.0 Å². The van der Waals surface area contributed by atoms with E-state index in [0.29, 0.717) is 27.2 Å². The molecule has 1 aromatic heterocycles. The second kappa shape index (κ2) is 12.4. The van der Waals surface area contributed by atoms with Crippen molar-refractivity contribution in [1.82, 2.24) is 4.57 Å². The number of nitrogens with zero attached hydrogens (tertiary/aromatic N) is 2. The van der Waals surface area contributed by atoms with Crippen LogP contribution >= 0.6 is 56.5 Å².